The number of nitrogens with two attached hydrogens (primary N) is 1. The van der Waals surface area contributed by atoms with Crippen LogP contribution in [0.1, 0.15) is 11.1 Å². The first-order valence-electron chi connectivity index (χ1n) is 5.30. The van der Waals surface area contributed by atoms with Crippen molar-refractivity contribution in [3.05, 3.63) is 59.4 Å². The highest BCUT2D eigenvalue weighted by molar-refractivity contribution is 7.79. The number of rotatable bonds is 3. The second-order valence-corrected chi connectivity index (χ2v) is 3.92. The van der Waals surface area contributed by atoms with E-state index >= 15 is 0 Å². The summed E-state index contributed by atoms with van der Waals surface area (Å²) in [7, 11) is 0. The second kappa shape index (κ2) is 5.17. The van der Waals surface area contributed by atoms with E-state index in [0.717, 1.165) is 16.7 Å². The molecule has 0 radical (unpaired) electrons. The molecular formula is C14H12FNS. The molecule has 0 atom stereocenters. The predicted octanol–water partition coefficient (Wildman–Crippen LogP) is 3.30. The fourth-order valence-corrected chi connectivity index (χ4v) is 2.07. The molecule has 86 valence electrons. The molecule has 17 heavy (non-hydrogen) atoms. The first kappa shape index (κ1) is 11.9. The Morgan fingerprint density at radius 3 is 2.59 bits per heavy atom. The molecule has 0 aliphatic rings. The monoisotopic (exact) mass is 245 g/mol. The van der Waals surface area contributed by atoms with Crippen LogP contribution in [0.15, 0.2) is 42.5 Å². The lowest BCUT2D eigenvalue weighted by molar-refractivity contribution is 0.629. The lowest BCUT2D eigenvalue weighted by atomic mass is 9.95. The molecule has 0 aliphatic heterocycles. The Morgan fingerprint density at radius 1 is 1.12 bits per heavy atom. The minimum Gasteiger partial charge on any atom is -0.326 e. The van der Waals surface area contributed by atoms with Gasteiger partial charge in [-0.05, 0) is 22.8 Å². The molecule has 0 fully saturated rings. The van der Waals surface area contributed by atoms with E-state index in [1.54, 1.807) is 11.4 Å². The molecule has 0 saturated heterocycles. The van der Waals surface area contributed by atoms with Crippen molar-refractivity contribution < 1.29 is 4.39 Å². The largest absolute Gasteiger partial charge is 0.326 e. The molecule has 2 rings (SSSR count). The third-order valence-electron chi connectivity index (χ3n) is 2.68. The van der Waals surface area contributed by atoms with E-state index in [4.69, 9.17) is 18.0 Å². The van der Waals surface area contributed by atoms with Crippen LogP contribution in [0.2, 0.25) is 0 Å². The Balaban J connectivity index is 2.71. The number of thiocarbonyl (C=S) groups is 1. The zero-order valence-corrected chi connectivity index (χ0v) is 10.0. The summed E-state index contributed by atoms with van der Waals surface area (Å²) in [5, 5.41) is 1.56. The summed E-state index contributed by atoms with van der Waals surface area (Å²) in [6.07, 6.45) is 0. The maximum Gasteiger partial charge on any atom is 0.131 e. The van der Waals surface area contributed by atoms with Gasteiger partial charge in [0.2, 0.25) is 0 Å². The van der Waals surface area contributed by atoms with Crippen LogP contribution in [0.3, 0.4) is 0 Å². The molecule has 0 unspecified atom stereocenters. The maximum absolute atomic E-state index is 13.9. The van der Waals surface area contributed by atoms with Crippen molar-refractivity contribution in [1.82, 2.24) is 0 Å². The smallest absolute Gasteiger partial charge is 0.131 e. The van der Waals surface area contributed by atoms with Crippen molar-refractivity contribution in [2.24, 2.45) is 5.73 Å². The maximum atomic E-state index is 13.9. The molecule has 3 heteroatoms. The molecule has 0 saturated carbocycles. The standard InChI is InChI=1S/C14H12FNS/c15-13-7-3-5-10(8-16)14(13)12-6-2-1-4-11(12)9-17/h1-7,9H,8,16H2. The third-order valence-corrected chi connectivity index (χ3v) is 2.93. The summed E-state index contributed by atoms with van der Waals surface area (Å²) in [6.45, 7) is 0.304. The number of hydrogen-bond donors (Lipinski definition) is 1. The zero-order chi connectivity index (χ0) is 12.3. The Hall–Kier alpha value is -1.58. The third kappa shape index (κ3) is 2.25. The fraction of sp³-hybridized carbons (Fsp3) is 0.0714. The quantitative estimate of drug-likeness (QED) is 0.840. The molecule has 2 aromatic carbocycles. The molecule has 0 bridgehead atoms. The fourth-order valence-electron chi connectivity index (χ4n) is 1.87. The van der Waals surface area contributed by atoms with Crippen molar-refractivity contribution in [2.75, 3.05) is 0 Å². The molecule has 0 aliphatic carbocycles. The van der Waals surface area contributed by atoms with E-state index in [1.807, 2.05) is 30.3 Å². The summed E-state index contributed by atoms with van der Waals surface area (Å²) in [4.78, 5) is 0. The number of benzene rings is 2. The molecular weight excluding hydrogens is 233 g/mol. The van der Waals surface area contributed by atoms with Crippen LogP contribution in [-0.4, -0.2) is 5.37 Å². The molecule has 0 spiro atoms. The van der Waals surface area contributed by atoms with E-state index in [9.17, 15) is 4.39 Å². The van der Waals surface area contributed by atoms with Gasteiger partial charge >= 0.3 is 0 Å². The molecule has 0 amide bonds. The molecule has 0 heterocycles. The van der Waals surface area contributed by atoms with Crippen LogP contribution in [0.4, 0.5) is 4.39 Å². The molecule has 2 N–H and O–H groups in total. The highest BCUT2D eigenvalue weighted by Gasteiger charge is 2.11. The lowest BCUT2D eigenvalue weighted by Crippen LogP contribution is -2.02. The number of hydrogen-bond acceptors (Lipinski definition) is 2. The van der Waals surface area contributed by atoms with Gasteiger partial charge in [-0.15, -0.1) is 0 Å². The van der Waals surface area contributed by atoms with Gasteiger partial charge in [-0.1, -0.05) is 48.6 Å². The first-order chi connectivity index (χ1) is 8.27. The van der Waals surface area contributed by atoms with Gasteiger partial charge in [0.15, 0.2) is 0 Å². The minimum absolute atomic E-state index is 0.266. The molecule has 0 aromatic heterocycles. The SMILES string of the molecule is NCc1cccc(F)c1-c1ccccc1C=S. The zero-order valence-electron chi connectivity index (χ0n) is 9.19. The Labute approximate surface area is 105 Å². The normalized spacial score (nSPS) is 10.2. The van der Waals surface area contributed by atoms with Gasteiger partial charge in [0.05, 0.1) is 0 Å². The Morgan fingerprint density at radius 2 is 1.88 bits per heavy atom. The van der Waals surface area contributed by atoms with Gasteiger partial charge in [-0.25, -0.2) is 4.39 Å². The van der Waals surface area contributed by atoms with Crippen LogP contribution in [0.5, 0.6) is 0 Å². The first-order valence-corrected chi connectivity index (χ1v) is 5.77. The van der Waals surface area contributed by atoms with E-state index in [-0.39, 0.29) is 5.82 Å². The molecule has 2 aromatic rings. The van der Waals surface area contributed by atoms with Gasteiger partial charge in [0.25, 0.3) is 0 Å². The topological polar surface area (TPSA) is 26.0 Å². The van der Waals surface area contributed by atoms with Crippen LogP contribution in [0.25, 0.3) is 11.1 Å². The molecule has 1 nitrogen and oxygen atoms in total. The number of halogens is 1. The highest BCUT2D eigenvalue weighted by Crippen LogP contribution is 2.29. The van der Waals surface area contributed by atoms with E-state index in [2.05, 4.69) is 0 Å². The van der Waals surface area contributed by atoms with Crippen molar-refractivity contribution in [2.45, 2.75) is 6.54 Å². The Kier molecular flexibility index (Phi) is 3.61. The van der Waals surface area contributed by atoms with Crippen LogP contribution in [-0.2, 0) is 6.54 Å². The predicted molar refractivity (Wildman–Crippen MR) is 72.5 cm³/mol. The van der Waals surface area contributed by atoms with Crippen LogP contribution in [0, 0.1) is 5.82 Å². The highest BCUT2D eigenvalue weighted by atomic mass is 32.1. The summed E-state index contributed by atoms with van der Waals surface area (Å²) in [5.41, 5.74) is 8.61. The van der Waals surface area contributed by atoms with Gasteiger partial charge < -0.3 is 5.73 Å². The summed E-state index contributed by atoms with van der Waals surface area (Å²) >= 11 is 4.95. The minimum atomic E-state index is -0.266. The van der Waals surface area contributed by atoms with Gasteiger partial charge in [-0.2, -0.15) is 0 Å². The Bertz CT molecular complexity index is 552. The summed E-state index contributed by atoms with van der Waals surface area (Å²) < 4.78 is 13.9. The second-order valence-electron chi connectivity index (χ2n) is 3.68. The van der Waals surface area contributed by atoms with Gasteiger partial charge in [-0.3, -0.25) is 0 Å². The van der Waals surface area contributed by atoms with Crippen molar-refractivity contribution in [3.63, 3.8) is 0 Å². The lowest BCUT2D eigenvalue weighted by Gasteiger charge is -2.11. The average Bonchev–Trinajstić information content (AvgIpc) is 2.38. The van der Waals surface area contributed by atoms with Crippen molar-refractivity contribution >= 4 is 17.6 Å². The van der Waals surface area contributed by atoms with Gasteiger partial charge in [0.1, 0.15) is 5.82 Å². The summed E-state index contributed by atoms with van der Waals surface area (Å²) in [5.74, 6) is -0.266. The van der Waals surface area contributed by atoms with E-state index in [0.29, 0.717) is 12.1 Å². The summed E-state index contributed by atoms with van der Waals surface area (Å²) in [6, 6.07) is 12.4. The van der Waals surface area contributed by atoms with Crippen molar-refractivity contribution in [1.29, 1.82) is 0 Å². The van der Waals surface area contributed by atoms with Crippen molar-refractivity contribution in [3.8, 4) is 11.1 Å². The van der Waals surface area contributed by atoms with Crippen LogP contribution < -0.4 is 5.73 Å². The van der Waals surface area contributed by atoms with Gasteiger partial charge in [0, 0.05) is 17.5 Å². The average molecular weight is 245 g/mol. The van der Waals surface area contributed by atoms with E-state index < -0.39 is 0 Å². The van der Waals surface area contributed by atoms with E-state index in [1.165, 1.54) is 6.07 Å². The van der Waals surface area contributed by atoms with Crippen LogP contribution >= 0.6 is 12.2 Å².